The molecule has 0 radical (unpaired) electrons. The van der Waals surface area contributed by atoms with E-state index in [2.05, 4.69) is 10.6 Å². The van der Waals surface area contributed by atoms with Crippen LogP contribution in [0.1, 0.15) is 22.8 Å². The Balaban J connectivity index is 1.73. The van der Waals surface area contributed by atoms with Crippen LogP contribution in [0.25, 0.3) is 0 Å². The van der Waals surface area contributed by atoms with Crippen molar-refractivity contribution in [2.24, 2.45) is 0 Å². The zero-order valence-corrected chi connectivity index (χ0v) is 14.0. The molecule has 25 heavy (non-hydrogen) atoms. The lowest BCUT2D eigenvalue weighted by atomic mass is 10.1. The van der Waals surface area contributed by atoms with Gasteiger partial charge >= 0.3 is 5.97 Å². The zero-order chi connectivity index (χ0) is 18.1. The first-order chi connectivity index (χ1) is 12.1. The van der Waals surface area contributed by atoms with Crippen LogP contribution in [-0.4, -0.2) is 31.6 Å². The number of amides is 1. The number of halogens is 1. The second-order valence-electron chi connectivity index (χ2n) is 5.36. The van der Waals surface area contributed by atoms with Crippen LogP contribution in [-0.2, 0) is 16.0 Å². The number of esters is 1. The summed E-state index contributed by atoms with van der Waals surface area (Å²) >= 11 is 0. The molecular weight excluding hydrogens is 323 g/mol. The molecule has 0 aliphatic heterocycles. The van der Waals surface area contributed by atoms with Gasteiger partial charge in [-0.1, -0.05) is 18.2 Å². The summed E-state index contributed by atoms with van der Waals surface area (Å²) in [6.45, 7) is 2.67. The van der Waals surface area contributed by atoms with Crippen LogP contribution in [0.5, 0.6) is 0 Å². The van der Waals surface area contributed by atoms with E-state index >= 15 is 0 Å². The standard InChI is InChI=1S/C19H21FN2O3/c1-2-25-19(24)15-7-9-16(10-8-15)22-18(23)13-21-12-11-14-5-3-4-6-17(14)20/h3-10,21H,2,11-13H2,1H3,(H,22,23). The Morgan fingerprint density at radius 1 is 1.08 bits per heavy atom. The van der Waals surface area contributed by atoms with E-state index in [-0.39, 0.29) is 18.3 Å². The van der Waals surface area contributed by atoms with Crippen molar-refractivity contribution in [3.63, 3.8) is 0 Å². The molecule has 2 aromatic carbocycles. The second kappa shape index (κ2) is 9.54. The molecule has 2 rings (SSSR count). The maximum atomic E-state index is 13.5. The molecule has 0 heterocycles. The Morgan fingerprint density at radius 3 is 2.48 bits per heavy atom. The summed E-state index contributed by atoms with van der Waals surface area (Å²) in [4.78, 5) is 23.4. The maximum absolute atomic E-state index is 13.5. The van der Waals surface area contributed by atoms with Crippen LogP contribution in [0.4, 0.5) is 10.1 Å². The van der Waals surface area contributed by atoms with Gasteiger partial charge in [-0.3, -0.25) is 4.79 Å². The van der Waals surface area contributed by atoms with Crippen LogP contribution in [0.2, 0.25) is 0 Å². The summed E-state index contributed by atoms with van der Waals surface area (Å²) in [7, 11) is 0. The van der Waals surface area contributed by atoms with Gasteiger partial charge in [-0.05, 0) is 55.8 Å². The smallest absolute Gasteiger partial charge is 0.338 e. The van der Waals surface area contributed by atoms with Crippen molar-refractivity contribution in [3.8, 4) is 0 Å². The summed E-state index contributed by atoms with van der Waals surface area (Å²) in [5, 5.41) is 5.70. The molecule has 0 aliphatic rings. The molecule has 132 valence electrons. The van der Waals surface area contributed by atoms with Gasteiger partial charge in [-0.25, -0.2) is 9.18 Å². The van der Waals surface area contributed by atoms with Gasteiger partial charge < -0.3 is 15.4 Å². The van der Waals surface area contributed by atoms with Gasteiger partial charge in [-0.15, -0.1) is 0 Å². The largest absolute Gasteiger partial charge is 0.462 e. The van der Waals surface area contributed by atoms with Gasteiger partial charge in [-0.2, -0.15) is 0 Å². The van der Waals surface area contributed by atoms with Crippen molar-refractivity contribution in [2.45, 2.75) is 13.3 Å². The Kier molecular flexibility index (Phi) is 7.10. The van der Waals surface area contributed by atoms with Crippen LogP contribution < -0.4 is 10.6 Å². The van der Waals surface area contributed by atoms with E-state index in [9.17, 15) is 14.0 Å². The summed E-state index contributed by atoms with van der Waals surface area (Å²) in [6, 6.07) is 13.0. The molecule has 2 N–H and O–H groups in total. The molecule has 0 fully saturated rings. The van der Waals surface area contributed by atoms with Gasteiger partial charge in [0.15, 0.2) is 0 Å². The van der Waals surface area contributed by atoms with Crippen LogP contribution in [0, 0.1) is 5.82 Å². The molecule has 0 atom stereocenters. The number of rotatable bonds is 8. The number of benzene rings is 2. The van der Waals surface area contributed by atoms with E-state index in [0.717, 1.165) is 0 Å². The van der Waals surface area contributed by atoms with Gasteiger partial charge in [0.1, 0.15) is 5.82 Å². The number of carbonyl (C=O) groups excluding carboxylic acids is 2. The van der Waals surface area contributed by atoms with E-state index in [0.29, 0.717) is 36.4 Å². The molecule has 0 aromatic heterocycles. The average molecular weight is 344 g/mol. The number of carbonyl (C=O) groups is 2. The topological polar surface area (TPSA) is 67.4 Å². The summed E-state index contributed by atoms with van der Waals surface area (Å²) in [5.74, 6) is -0.844. The van der Waals surface area contributed by atoms with E-state index < -0.39 is 5.97 Å². The third-order valence-corrected chi connectivity index (χ3v) is 3.49. The van der Waals surface area contributed by atoms with E-state index in [4.69, 9.17) is 4.74 Å². The molecular formula is C19H21FN2O3. The number of anilines is 1. The third-order valence-electron chi connectivity index (χ3n) is 3.49. The first-order valence-corrected chi connectivity index (χ1v) is 8.11. The molecule has 2 aromatic rings. The predicted molar refractivity (Wildman–Crippen MR) is 94.0 cm³/mol. The van der Waals surface area contributed by atoms with E-state index in [1.807, 2.05) is 0 Å². The zero-order valence-electron chi connectivity index (χ0n) is 14.0. The normalized spacial score (nSPS) is 10.3. The minimum Gasteiger partial charge on any atom is -0.462 e. The van der Waals surface area contributed by atoms with Crippen molar-refractivity contribution < 1.29 is 18.7 Å². The fourth-order valence-corrected chi connectivity index (χ4v) is 2.24. The monoisotopic (exact) mass is 344 g/mol. The summed E-state index contributed by atoms with van der Waals surface area (Å²) in [5.41, 5.74) is 1.64. The number of ether oxygens (including phenoxy) is 1. The molecule has 0 saturated heterocycles. The molecule has 0 saturated carbocycles. The van der Waals surface area contributed by atoms with E-state index in [1.54, 1.807) is 49.4 Å². The Hall–Kier alpha value is -2.73. The van der Waals surface area contributed by atoms with Crippen LogP contribution in [0.3, 0.4) is 0 Å². The quantitative estimate of drug-likeness (QED) is 0.571. The highest BCUT2D eigenvalue weighted by molar-refractivity contribution is 5.93. The molecule has 0 unspecified atom stereocenters. The molecule has 1 amide bonds. The van der Waals surface area contributed by atoms with Crippen molar-refractivity contribution in [1.82, 2.24) is 5.32 Å². The fraction of sp³-hybridized carbons (Fsp3) is 0.263. The lowest BCUT2D eigenvalue weighted by Gasteiger charge is -2.08. The van der Waals surface area contributed by atoms with Crippen molar-refractivity contribution >= 4 is 17.6 Å². The molecule has 0 spiro atoms. The molecule has 0 bridgehead atoms. The van der Waals surface area contributed by atoms with Gasteiger partial charge in [0.2, 0.25) is 5.91 Å². The third kappa shape index (κ3) is 6.00. The summed E-state index contributed by atoms with van der Waals surface area (Å²) < 4.78 is 18.4. The molecule has 5 nitrogen and oxygen atoms in total. The number of hydrogen-bond acceptors (Lipinski definition) is 4. The minimum absolute atomic E-state index is 0.119. The molecule has 0 aliphatic carbocycles. The number of nitrogens with one attached hydrogen (secondary N) is 2. The first-order valence-electron chi connectivity index (χ1n) is 8.11. The van der Waals surface area contributed by atoms with Crippen molar-refractivity contribution in [3.05, 3.63) is 65.5 Å². The average Bonchev–Trinajstić information content (AvgIpc) is 2.61. The second-order valence-corrected chi connectivity index (χ2v) is 5.36. The Morgan fingerprint density at radius 2 is 1.80 bits per heavy atom. The van der Waals surface area contributed by atoms with Gasteiger partial charge in [0.05, 0.1) is 18.7 Å². The minimum atomic E-state index is -0.393. The highest BCUT2D eigenvalue weighted by atomic mass is 19.1. The van der Waals surface area contributed by atoms with Crippen LogP contribution in [0.15, 0.2) is 48.5 Å². The molecule has 6 heteroatoms. The van der Waals surface area contributed by atoms with Crippen molar-refractivity contribution in [2.75, 3.05) is 25.0 Å². The number of hydrogen-bond donors (Lipinski definition) is 2. The van der Waals surface area contributed by atoms with Gasteiger partial charge in [0, 0.05) is 5.69 Å². The SMILES string of the molecule is CCOC(=O)c1ccc(NC(=O)CNCCc2ccccc2F)cc1. The maximum Gasteiger partial charge on any atom is 0.338 e. The predicted octanol–water partition coefficient (Wildman–Crippen LogP) is 2.77. The summed E-state index contributed by atoms with van der Waals surface area (Å²) in [6.07, 6.45) is 0.508. The van der Waals surface area contributed by atoms with E-state index in [1.165, 1.54) is 6.07 Å². The Bertz CT molecular complexity index is 717. The Labute approximate surface area is 146 Å². The van der Waals surface area contributed by atoms with Crippen LogP contribution >= 0.6 is 0 Å². The lowest BCUT2D eigenvalue weighted by molar-refractivity contribution is -0.115. The van der Waals surface area contributed by atoms with Crippen molar-refractivity contribution in [1.29, 1.82) is 0 Å². The fourth-order valence-electron chi connectivity index (χ4n) is 2.24. The highest BCUT2D eigenvalue weighted by Crippen LogP contribution is 2.10. The first kappa shape index (κ1) is 18.6. The lowest BCUT2D eigenvalue weighted by Crippen LogP contribution is -2.29. The van der Waals surface area contributed by atoms with Gasteiger partial charge in [0.25, 0.3) is 0 Å². The highest BCUT2D eigenvalue weighted by Gasteiger charge is 2.07.